The Morgan fingerprint density at radius 2 is 1.75 bits per heavy atom. The molecule has 0 saturated heterocycles. The standard InChI is InChI=1S/C11H17N3O2/c1-7-4-8(5-7)12-11-13-9(15-2)6-10(14-11)16-3/h6-8H,4-5H2,1-3H3,(H,12,13,14). The smallest absolute Gasteiger partial charge is 0.229 e. The van der Waals surface area contributed by atoms with E-state index in [9.17, 15) is 0 Å². The summed E-state index contributed by atoms with van der Waals surface area (Å²) in [4.78, 5) is 8.44. The molecule has 0 aromatic carbocycles. The van der Waals surface area contributed by atoms with Crippen LogP contribution in [0, 0.1) is 5.92 Å². The molecule has 0 atom stereocenters. The summed E-state index contributed by atoms with van der Waals surface area (Å²) in [7, 11) is 3.16. The molecule has 1 aromatic rings. The third-order valence-corrected chi connectivity index (χ3v) is 2.80. The summed E-state index contributed by atoms with van der Waals surface area (Å²) in [5, 5.41) is 3.28. The highest BCUT2D eigenvalue weighted by molar-refractivity contribution is 5.35. The number of aromatic nitrogens is 2. The van der Waals surface area contributed by atoms with Crippen molar-refractivity contribution in [3.05, 3.63) is 6.07 Å². The first-order valence-corrected chi connectivity index (χ1v) is 5.45. The van der Waals surface area contributed by atoms with E-state index >= 15 is 0 Å². The van der Waals surface area contributed by atoms with Gasteiger partial charge in [-0.15, -0.1) is 0 Å². The van der Waals surface area contributed by atoms with Gasteiger partial charge in [0.05, 0.1) is 20.3 Å². The highest BCUT2D eigenvalue weighted by Crippen LogP contribution is 2.29. The van der Waals surface area contributed by atoms with E-state index in [0.29, 0.717) is 23.8 Å². The average Bonchev–Trinajstić information content (AvgIpc) is 2.26. The van der Waals surface area contributed by atoms with Crippen LogP contribution in [0.3, 0.4) is 0 Å². The van der Waals surface area contributed by atoms with Crippen molar-refractivity contribution in [3.8, 4) is 11.8 Å². The van der Waals surface area contributed by atoms with Gasteiger partial charge in [-0.25, -0.2) is 0 Å². The molecule has 0 bridgehead atoms. The number of nitrogens with one attached hydrogen (secondary N) is 1. The van der Waals surface area contributed by atoms with Crippen LogP contribution in [-0.2, 0) is 0 Å². The van der Waals surface area contributed by atoms with Gasteiger partial charge in [0.1, 0.15) is 0 Å². The van der Waals surface area contributed by atoms with E-state index in [4.69, 9.17) is 9.47 Å². The van der Waals surface area contributed by atoms with Crippen LogP contribution in [-0.4, -0.2) is 30.2 Å². The van der Waals surface area contributed by atoms with E-state index in [1.807, 2.05) is 0 Å². The first-order chi connectivity index (χ1) is 7.71. The molecule has 5 nitrogen and oxygen atoms in total. The van der Waals surface area contributed by atoms with Crippen molar-refractivity contribution in [2.75, 3.05) is 19.5 Å². The Hall–Kier alpha value is -1.52. The molecular formula is C11H17N3O2. The maximum Gasteiger partial charge on any atom is 0.229 e. The van der Waals surface area contributed by atoms with Gasteiger partial charge < -0.3 is 14.8 Å². The fourth-order valence-corrected chi connectivity index (χ4v) is 1.88. The van der Waals surface area contributed by atoms with Crippen LogP contribution < -0.4 is 14.8 Å². The predicted molar refractivity (Wildman–Crippen MR) is 60.9 cm³/mol. The molecule has 1 saturated carbocycles. The number of rotatable bonds is 4. The zero-order valence-corrected chi connectivity index (χ0v) is 9.86. The van der Waals surface area contributed by atoms with Gasteiger partial charge in [-0.05, 0) is 18.8 Å². The molecule has 1 aliphatic carbocycles. The Morgan fingerprint density at radius 3 is 2.19 bits per heavy atom. The SMILES string of the molecule is COc1cc(OC)nc(NC2CC(C)C2)n1. The normalized spacial score (nSPS) is 23.4. The molecule has 1 aromatic heterocycles. The van der Waals surface area contributed by atoms with E-state index in [1.165, 1.54) is 12.8 Å². The van der Waals surface area contributed by atoms with Crippen molar-refractivity contribution < 1.29 is 9.47 Å². The van der Waals surface area contributed by atoms with Crippen LogP contribution in [0.15, 0.2) is 6.07 Å². The minimum atomic E-state index is 0.479. The van der Waals surface area contributed by atoms with Crippen molar-refractivity contribution >= 4 is 5.95 Å². The maximum absolute atomic E-state index is 5.08. The van der Waals surface area contributed by atoms with E-state index in [-0.39, 0.29) is 0 Å². The summed E-state index contributed by atoms with van der Waals surface area (Å²) in [6.07, 6.45) is 2.34. The second kappa shape index (κ2) is 4.55. The van der Waals surface area contributed by atoms with Gasteiger partial charge in [0.25, 0.3) is 0 Å². The molecule has 5 heteroatoms. The average molecular weight is 223 g/mol. The van der Waals surface area contributed by atoms with Gasteiger partial charge in [0.15, 0.2) is 0 Å². The number of hydrogen-bond acceptors (Lipinski definition) is 5. The number of anilines is 1. The monoisotopic (exact) mass is 223 g/mol. The summed E-state index contributed by atoms with van der Waals surface area (Å²) in [5.74, 6) is 2.40. The van der Waals surface area contributed by atoms with Crippen LogP contribution >= 0.6 is 0 Å². The van der Waals surface area contributed by atoms with Crippen molar-refractivity contribution in [1.82, 2.24) is 9.97 Å². The molecule has 0 spiro atoms. The molecule has 16 heavy (non-hydrogen) atoms. The van der Waals surface area contributed by atoms with Crippen LogP contribution in [0.4, 0.5) is 5.95 Å². The molecule has 88 valence electrons. The minimum Gasteiger partial charge on any atom is -0.481 e. The zero-order chi connectivity index (χ0) is 11.5. The third kappa shape index (κ3) is 2.35. The molecule has 2 rings (SSSR count). The summed E-state index contributed by atoms with van der Waals surface area (Å²) in [6, 6.07) is 2.14. The quantitative estimate of drug-likeness (QED) is 0.842. The largest absolute Gasteiger partial charge is 0.481 e. The van der Waals surface area contributed by atoms with E-state index in [1.54, 1.807) is 20.3 Å². The van der Waals surface area contributed by atoms with E-state index < -0.39 is 0 Å². The van der Waals surface area contributed by atoms with Gasteiger partial charge in [0, 0.05) is 6.04 Å². The van der Waals surface area contributed by atoms with Gasteiger partial charge in [-0.2, -0.15) is 9.97 Å². The predicted octanol–water partition coefficient (Wildman–Crippen LogP) is 1.70. The molecule has 1 aliphatic rings. The summed E-state index contributed by atoms with van der Waals surface area (Å²) >= 11 is 0. The minimum absolute atomic E-state index is 0.479. The van der Waals surface area contributed by atoms with Crippen LogP contribution in [0.1, 0.15) is 19.8 Å². The molecule has 0 unspecified atom stereocenters. The molecule has 0 amide bonds. The summed E-state index contributed by atoms with van der Waals surface area (Å²) in [5.41, 5.74) is 0. The Morgan fingerprint density at radius 1 is 1.19 bits per heavy atom. The second-order valence-electron chi connectivity index (χ2n) is 4.19. The first-order valence-electron chi connectivity index (χ1n) is 5.45. The Balaban J connectivity index is 2.07. The van der Waals surface area contributed by atoms with E-state index in [0.717, 1.165) is 5.92 Å². The van der Waals surface area contributed by atoms with Crippen LogP contribution in [0.2, 0.25) is 0 Å². The summed E-state index contributed by atoms with van der Waals surface area (Å²) in [6.45, 7) is 2.24. The topological polar surface area (TPSA) is 56.3 Å². The van der Waals surface area contributed by atoms with Crippen molar-refractivity contribution in [2.45, 2.75) is 25.8 Å². The molecule has 0 radical (unpaired) electrons. The lowest BCUT2D eigenvalue weighted by atomic mass is 9.82. The van der Waals surface area contributed by atoms with Crippen molar-refractivity contribution in [1.29, 1.82) is 0 Å². The highest BCUT2D eigenvalue weighted by atomic mass is 16.5. The number of hydrogen-bond donors (Lipinski definition) is 1. The van der Waals surface area contributed by atoms with Gasteiger partial charge in [-0.1, -0.05) is 6.92 Å². The van der Waals surface area contributed by atoms with E-state index in [2.05, 4.69) is 22.2 Å². The lowest BCUT2D eigenvalue weighted by molar-refractivity contribution is 0.306. The number of nitrogens with zero attached hydrogens (tertiary/aromatic N) is 2. The Kier molecular flexibility index (Phi) is 3.12. The highest BCUT2D eigenvalue weighted by Gasteiger charge is 2.25. The van der Waals surface area contributed by atoms with Crippen LogP contribution in [0.5, 0.6) is 11.8 Å². The molecule has 1 N–H and O–H groups in total. The Bertz CT molecular complexity index is 342. The summed E-state index contributed by atoms with van der Waals surface area (Å²) < 4.78 is 10.2. The van der Waals surface area contributed by atoms with Gasteiger partial charge in [0.2, 0.25) is 17.7 Å². The second-order valence-corrected chi connectivity index (χ2v) is 4.19. The molecule has 1 heterocycles. The third-order valence-electron chi connectivity index (χ3n) is 2.80. The van der Waals surface area contributed by atoms with Gasteiger partial charge >= 0.3 is 0 Å². The molecular weight excluding hydrogens is 206 g/mol. The fraction of sp³-hybridized carbons (Fsp3) is 0.636. The molecule has 0 aliphatic heterocycles. The van der Waals surface area contributed by atoms with Crippen molar-refractivity contribution in [2.24, 2.45) is 5.92 Å². The lowest BCUT2D eigenvalue weighted by Crippen LogP contribution is -2.34. The van der Waals surface area contributed by atoms with Crippen LogP contribution in [0.25, 0.3) is 0 Å². The fourth-order valence-electron chi connectivity index (χ4n) is 1.88. The number of ether oxygens (including phenoxy) is 2. The first kappa shape index (κ1) is 11.0. The lowest BCUT2D eigenvalue weighted by Gasteiger charge is -2.33. The Labute approximate surface area is 95.2 Å². The molecule has 1 fully saturated rings. The zero-order valence-electron chi connectivity index (χ0n) is 9.86. The van der Waals surface area contributed by atoms with Gasteiger partial charge in [-0.3, -0.25) is 0 Å². The maximum atomic E-state index is 5.08. The van der Waals surface area contributed by atoms with Crippen molar-refractivity contribution in [3.63, 3.8) is 0 Å². The number of methoxy groups -OCH3 is 2.